The zero-order chi connectivity index (χ0) is 25.1. The predicted molar refractivity (Wildman–Crippen MR) is 112 cm³/mol. The lowest BCUT2D eigenvalue weighted by Gasteiger charge is -2.25. The van der Waals surface area contributed by atoms with E-state index in [9.17, 15) is 36.0 Å². The highest BCUT2D eigenvalue weighted by Gasteiger charge is 2.51. The first-order chi connectivity index (χ1) is 16.0. The highest BCUT2D eigenvalue weighted by molar-refractivity contribution is 7.87. The number of unbranched alkanes of at least 4 members (excludes halogenated alkanes) is 1. The molecule has 0 radical (unpaired) electrons. The van der Waals surface area contributed by atoms with Crippen LogP contribution >= 0.6 is 0 Å². The smallest absolute Gasteiger partial charge is 0.450 e. The van der Waals surface area contributed by atoms with Crippen LogP contribution < -0.4 is 5.32 Å². The van der Waals surface area contributed by atoms with Gasteiger partial charge in [-0.2, -0.15) is 21.6 Å². The maximum atomic E-state index is 12.7. The molecular weight excluding hydrogens is 481 g/mol. The lowest BCUT2D eigenvalue weighted by Crippen LogP contribution is -2.44. The van der Waals surface area contributed by atoms with E-state index in [1.807, 2.05) is 6.92 Å². The highest BCUT2D eigenvalue weighted by atomic mass is 32.2. The molecule has 3 rings (SSSR count). The number of carbonyl (C=O) groups excluding carboxylic acids is 3. The minimum atomic E-state index is -6.26. The van der Waals surface area contributed by atoms with Gasteiger partial charge in [-0.05, 0) is 30.0 Å². The fourth-order valence-corrected chi connectivity index (χ4v) is 3.42. The number of alkyl halides is 3. The summed E-state index contributed by atoms with van der Waals surface area (Å²) in [7, 11) is -6.26. The molecule has 1 heterocycles. The second-order valence-electron chi connectivity index (χ2n) is 6.91. The van der Waals surface area contributed by atoms with Crippen LogP contribution in [0.1, 0.15) is 46.0 Å². The molecule has 1 aliphatic rings. The molecule has 1 aliphatic heterocycles. The number of hydrogen-bond acceptors (Lipinski definition) is 7. The molecule has 0 saturated carbocycles. The van der Waals surface area contributed by atoms with Crippen LogP contribution in [0, 0.1) is 11.8 Å². The molecule has 0 aliphatic carbocycles. The van der Waals surface area contributed by atoms with E-state index >= 15 is 0 Å². The average molecular weight is 498 g/mol. The molecular formula is C21H17F3N2O7S. The van der Waals surface area contributed by atoms with Crippen molar-refractivity contribution in [3.63, 3.8) is 0 Å². The van der Waals surface area contributed by atoms with Gasteiger partial charge in [0.05, 0.1) is 24.3 Å². The third-order valence-corrected chi connectivity index (χ3v) is 5.51. The Morgan fingerprint density at radius 2 is 1.79 bits per heavy atom. The topological polar surface area (TPSA) is 119 Å². The summed E-state index contributed by atoms with van der Waals surface area (Å²) in [5, 5.41) is 2.42. The summed E-state index contributed by atoms with van der Waals surface area (Å²) < 4.78 is 69.5. The van der Waals surface area contributed by atoms with E-state index in [4.69, 9.17) is 4.74 Å². The van der Waals surface area contributed by atoms with Crippen LogP contribution in [0.4, 0.5) is 18.0 Å². The van der Waals surface area contributed by atoms with Gasteiger partial charge in [-0.15, -0.1) is 9.35 Å². The summed E-state index contributed by atoms with van der Waals surface area (Å²) in [6, 6.07) is 6.69. The fraction of sp³-hybridized carbons (Fsp3) is 0.286. The largest absolute Gasteiger partial charge is 0.525 e. The van der Waals surface area contributed by atoms with Crippen molar-refractivity contribution < 1.29 is 45.0 Å². The van der Waals surface area contributed by atoms with Crippen molar-refractivity contribution in [3.8, 4) is 11.8 Å². The van der Waals surface area contributed by atoms with Crippen LogP contribution in [-0.4, -0.2) is 50.0 Å². The first-order valence-corrected chi connectivity index (χ1v) is 11.2. The van der Waals surface area contributed by atoms with E-state index in [0.29, 0.717) is 10.9 Å². The molecule has 13 heteroatoms. The van der Waals surface area contributed by atoms with E-state index < -0.39 is 38.6 Å². The lowest BCUT2D eigenvalue weighted by atomic mass is 9.92. The number of benzene rings is 2. The molecule has 180 valence electrons. The van der Waals surface area contributed by atoms with Crippen molar-refractivity contribution in [3.05, 3.63) is 47.0 Å². The van der Waals surface area contributed by atoms with Gasteiger partial charge in [0.1, 0.15) is 0 Å². The fourth-order valence-electron chi connectivity index (χ4n) is 3.01. The Kier molecular flexibility index (Phi) is 7.13. The maximum absolute atomic E-state index is 12.7. The summed E-state index contributed by atoms with van der Waals surface area (Å²) in [6.45, 7) is 2.17. The van der Waals surface area contributed by atoms with Gasteiger partial charge in [-0.1, -0.05) is 37.3 Å². The van der Waals surface area contributed by atoms with Gasteiger partial charge < -0.3 is 10.1 Å². The minimum absolute atomic E-state index is 0.0529. The van der Waals surface area contributed by atoms with Gasteiger partial charge in [0.25, 0.3) is 11.8 Å². The quantitative estimate of drug-likeness (QED) is 0.281. The molecule has 0 atom stereocenters. The summed E-state index contributed by atoms with van der Waals surface area (Å²) in [5.41, 5.74) is -5.97. The van der Waals surface area contributed by atoms with Crippen LogP contribution in [0.3, 0.4) is 0 Å². The Bertz CT molecular complexity index is 1310. The van der Waals surface area contributed by atoms with Gasteiger partial charge in [0.2, 0.25) is 0 Å². The van der Waals surface area contributed by atoms with Gasteiger partial charge in [-0.3, -0.25) is 9.59 Å². The number of rotatable bonds is 6. The molecule has 2 aromatic carbocycles. The number of halogens is 3. The van der Waals surface area contributed by atoms with Gasteiger partial charge >= 0.3 is 21.7 Å². The Labute approximate surface area is 191 Å². The normalized spacial score (nSPS) is 13.5. The number of hydrogen-bond donors (Lipinski definition) is 1. The zero-order valence-corrected chi connectivity index (χ0v) is 18.4. The van der Waals surface area contributed by atoms with Crippen molar-refractivity contribution in [1.29, 1.82) is 0 Å². The first kappa shape index (κ1) is 25.0. The molecule has 1 N–H and O–H groups in total. The second-order valence-corrected chi connectivity index (χ2v) is 8.43. The Morgan fingerprint density at radius 1 is 1.12 bits per heavy atom. The molecule has 0 spiro atoms. The van der Waals surface area contributed by atoms with E-state index in [1.54, 1.807) is 0 Å². The number of imide groups is 1. The monoisotopic (exact) mass is 498 g/mol. The average Bonchev–Trinajstić information content (AvgIpc) is 2.77. The second kappa shape index (κ2) is 9.70. The van der Waals surface area contributed by atoms with Crippen LogP contribution in [0.15, 0.2) is 30.3 Å². The lowest BCUT2D eigenvalue weighted by molar-refractivity contribution is -0.0761. The highest BCUT2D eigenvalue weighted by Crippen LogP contribution is 2.34. The molecule has 0 saturated heterocycles. The molecule has 2 aromatic rings. The van der Waals surface area contributed by atoms with Crippen molar-refractivity contribution in [2.75, 3.05) is 13.2 Å². The van der Waals surface area contributed by atoms with Crippen molar-refractivity contribution in [1.82, 2.24) is 10.4 Å². The molecule has 0 unspecified atom stereocenters. The molecule has 9 nitrogen and oxygen atoms in total. The minimum Gasteiger partial charge on any atom is -0.450 e. The number of carbonyl (C=O) groups is 3. The van der Waals surface area contributed by atoms with Crippen molar-refractivity contribution in [2.45, 2.75) is 25.3 Å². The third kappa shape index (κ3) is 4.97. The number of alkyl carbamates (subject to hydrolysis) is 1. The van der Waals surface area contributed by atoms with Crippen LogP contribution in [0.25, 0.3) is 10.8 Å². The van der Waals surface area contributed by atoms with Crippen molar-refractivity contribution >= 4 is 38.8 Å². The third-order valence-electron chi connectivity index (χ3n) is 4.60. The zero-order valence-electron chi connectivity index (χ0n) is 17.6. The number of nitrogens with zero attached hydrogens (tertiary/aromatic N) is 1. The molecule has 0 bridgehead atoms. The van der Waals surface area contributed by atoms with E-state index in [2.05, 4.69) is 21.4 Å². The Balaban J connectivity index is 1.88. The molecule has 3 amide bonds. The van der Waals surface area contributed by atoms with Crippen LogP contribution in [0.5, 0.6) is 0 Å². The summed E-state index contributed by atoms with van der Waals surface area (Å²) in [4.78, 5) is 36.8. The van der Waals surface area contributed by atoms with Gasteiger partial charge in [0, 0.05) is 10.9 Å². The van der Waals surface area contributed by atoms with E-state index in [1.165, 1.54) is 30.3 Å². The van der Waals surface area contributed by atoms with E-state index in [-0.39, 0.29) is 29.7 Å². The van der Waals surface area contributed by atoms with Gasteiger partial charge in [0.15, 0.2) is 0 Å². The number of ether oxygens (including phenoxy) is 1. The molecule has 0 fully saturated rings. The first-order valence-electron chi connectivity index (χ1n) is 9.82. The number of amides is 3. The molecule has 0 aromatic heterocycles. The predicted octanol–water partition coefficient (Wildman–Crippen LogP) is 3.09. The van der Waals surface area contributed by atoms with Gasteiger partial charge in [-0.25, -0.2) is 4.79 Å². The van der Waals surface area contributed by atoms with Crippen LogP contribution in [-0.2, 0) is 19.1 Å². The summed E-state index contributed by atoms with van der Waals surface area (Å²) in [5.74, 6) is 2.72. The summed E-state index contributed by atoms with van der Waals surface area (Å²) >= 11 is 0. The maximum Gasteiger partial charge on any atom is 0.525 e. The SMILES string of the molecule is CCCCOC(=O)NCC#Cc1ccc2c3c(cccc13)C(=O)N(OS(=O)(=O)C(F)(F)F)C2=O. The number of hydroxylamine groups is 2. The van der Waals surface area contributed by atoms with E-state index in [0.717, 1.165) is 12.8 Å². The Hall–Kier alpha value is -3.63. The summed E-state index contributed by atoms with van der Waals surface area (Å²) in [6.07, 6.45) is 0.956. The number of nitrogens with one attached hydrogen (secondary N) is 1. The standard InChI is InChI=1S/C21H17F3N2O7S/c1-2-3-12-32-20(29)25-11-5-6-13-9-10-16-17-14(13)7-4-8-15(17)18(27)26(19(16)28)33-34(30,31)21(22,23)24/h4,7-10H,2-3,11-12H2,1H3,(H,25,29). The molecule has 34 heavy (non-hydrogen) atoms. The van der Waals surface area contributed by atoms with Crippen LogP contribution in [0.2, 0.25) is 0 Å². The Morgan fingerprint density at radius 3 is 2.44 bits per heavy atom. The van der Waals surface area contributed by atoms with Crippen molar-refractivity contribution in [2.24, 2.45) is 0 Å².